The predicted molar refractivity (Wildman–Crippen MR) is 131 cm³/mol. The molecule has 166 valence electrons. The molecule has 0 radical (unpaired) electrons. The number of pyridine rings is 1. The molecule has 4 aromatic rings. The Morgan fingerprint density at radius 1 is 0.758 bits per heavy atom. The number of amides is 1. The van der Waals surface area contributed by atoms with Gasteiger partial charge in [0.1, 0.15) is 5.56 Å². The van der Waals surface area contributed by atoms with Gasteiger partial charge in [0.15, 0.2) is 0 Å². The summed E-state index contributed by atoms with van der Waals surface area (Å²) in [7, 11) is 1.88. The van der Waals surface area contributed by atoms with Crippen LogP contribution in [0.3, 0.4) is 0 Å². The fraction of sp³-hybridized carbons (Fsp3) is 0.214. The van der Waals surface area contributed by atoms with Crippen LogP contribution in [0.15, 0.2) is 95.9 Å². The quantitative estimate of drug-likeness (QED) is 0.483. The van der Waals surface area contributed by atoms with Crippen LogP contribution in [0, 0.1) is 0 Å². The lowest BCUT2D eigenvalue weighted by molar-refractivity contribution is 0.0595. The van der Waals surface area contributed by atoms with Crippen LogP contribution in [-0.4, -0.2) is 46.5 Å². The molecule has 5 heteroatoms. The first-order valence-electron chi connectivity index (χ1n) is 11.3. The van der Waals surface area contributed by atoms with E-state index in [1.54, 1.807) is 12.3 Å². The smallest absolute Gasteiger partial charge is 0.259 e. The van der Waals surface area contributed by atoms with Crippen LogP contribution in [0.1, 0.15) is 27.5 Å². The summed E-state index contributed by atoms with van der Waals surface area (Å²) < 4.78 is 1.86. The fourth-order valence-corrected chi connectivity index (χ4v) is 4.83. The molecule has 1 fully saturated rings. The lowest BCUT2D eigenvalue weighted by Gasteiger charge is -2.39. The van der Waals surface area contributed by atoms with Crippen molar-refractivity contribution in [2.45, 2.75) is 6.04 Å². The van der Waals surface area contributed by atoms with E-state index in [1.807, 2.05) is 46.8 Å². The third kappa shape index (κ3) is 4.08. The molecule has 0 saturated carbocycles. The Hall–Kier alpha value is -3.70. The molecule has 5 nitrogen and oxygen atoms in total. The topological polar surface area (TPSA) is 45.6 Å². The second-order valence-corrected chi connectivity index (χ2v) is 8.55. The molecule has 0 atom stereocenters. The standard InChI is InChI=1S/C28H27N3O2/c1-29-20-24(27(32)23-14-8-9-15-25(23)29)28(33)31-18-16-30(17-19-31)26(21-10-4-2-5-11-21)22-12-6-3-7-13-22/h2-15,20,26H,16-19H2,1H3. The number of piperazine rings is 1. The Bertz CT molecular complexity index is 1280. The van der Waals surface area contributed by atoms with Crippen molar-refractivity contribution in [3.8, 4) is 0 Å². The number of carbonyl (C=O) groups is 1. The summed E-state index contributed by atoms with van der Waals surface area (Å²) in [5, 5.41) is 0.581. The highest BCUT2D eigenvalue weighted by Crippen LogP contribution is 2.29. The zero-order valence-electron chi connectivity index (χ0n) is 18.7. The summed E-state index contributed by atoms with van der Waals surface area (Å²) in [4.78, 5) is 30.6. The third-order valence-corrected chi connectivity index (χ3v) is 6.52. The molecule has 0 unspecified atom stereocenters. The van der Waals surface area contributed by atoms with Crippen LogP contribution in [0.4, 0.5) is 0 Å². The largest absolute Gasteiger partial charge is 0.350 e. The maximum absolute atomic E-state index is 13.3. The van der Waals surface area contributed by atoms with Gasteiger partial charge in [-0.25, -0.2) is 0 Å². The lowest BCUT2D eigenvalue weighted by atomic mass is 9.96. The van der Waals surface area contributed by atoms with Gasteiger partial charge in [-0.05, 0) is 23.3 Å². The summed E-state index contributed by atoms with van der Waals surface area (Å²) in [6.07, 6.45) is 1.68. The van der Waals surface area contributed by atoms with Gasteiger partial charge in [-0.3, -0.25) is 14.5 Å². The highest BCUT2D eigenvalue weighted by Gasteiger charge is 2.29. The van der Waals surface area contributed by atoms with E-state index in [2.05, 4.69) is 53.4 Å². The van der Waals surface area contributed by atoms with Gasteiger partial charge in [-0.1, -0.05) is 72.8 Å². The Morgan fingerprint density at radius 3 is 1.91 bits per heavy atom. The molecule has 1 aliphatic rings. The van der Waals surface area contributed by atoms with Gasteiger partial charge in [0.2, 0.25) is 5.43 Å². The maximum atomic E-state index is 13.3. The predicted octanol–water partition coefficient (Wildman–Crippen LogP) is 4.09. The van der Waals surface area contributed by atoms with Crippen LogP contribution in [0.25, 0.3) is 10.9 Å². The zero-order chi connectivity index (χ0) is 22.8. The summed E-state index contributed by atoms with van der Waals surface area (Å²) >= 11 is 0. The number of benzene rings is 3. The Kier molecular flexibility index (Phi) is 5.80. The maximum Gasteiger partial charge on any atom is 0.259 e. The third-order valence-electron chi connectivity index (χ3n) is 6.52. The van der Waals surface area contributed by atoms with Crippen LogP contribution in [0.5, 0.6) is 0 Å². The second-order valence-electron chi connectivity index (χ2n) is 8.55. The zero-order valence-corrected chi connectivity index (χ0v) is 18.7. The normalized spacial score (nSPS) is 14.7. The van der Waals surface area contributed by atoms with E-state index in [1.165, 1.54) is 11.1 Å². The SMILES string of the molecule is Cn1cc(C(=O)N2CCN(C(c3ccccc3)c3ccccc3)CC2)c(=O)c2ccccc21. The summed E-state index contributed by atoms with van der Waals surface area (Å²) in [6, 6.07) is 28.6. The van der Waals surface area contributed by atoms with E-state index in [9.17, 15) is 9.59 Å². The highest BCUT2D eigenvalue weighted by molar-refractivity contribution is 5.97. The van der Waals surface area contributed by atoms with Crippen LogP contribution in [-0.2, 0) is 7.05 Å². The van der Waals surface area contributed by atoms with Gasteiger partial charge in [0.25, 0.3) is 5.91 Å². The minimum Gasteiger partial charge on any atom is -0.350 e. The molecule has 0 spiro atoms. The number of fused-ring (bicyclic) bond motifs is 1. The lowest BCUT2D eigenvalue weighted by Crippen LogP contribution is -2.50. The molecule has 5 rings (SSSR count). The number of aryl methyl sites for hydroxylation is 1. The summed E-state index contributed by atoms with van der Waals surface area (Å²) in [5.74, 6) is -0.183. The molecule has 1 aromatic heterocycles. The van der Waals surface area contributed by atoms with E-state index in [0.29, 0.717) is 18.5 Å². The molecule has 1 aliphatic heterocycles. The first-order valence-corrected chi connectivity index (χ1v) is 11.3. The molecule has 2 heterocycles. The van der Waals surface area contributed by atoms with E-state index in [-0.39, 0.29) is 22.9 Å². The van der Waals surface area contributed by atoms with Gasteiger partial charge < -0.3 is 9.47 Å². The highest BCUT2D eigenvalue weighted by atomic mass is 16.2. The minimum atomic E-state index is -0.192. The molecule has 0 bridgehead atoms. The summed E-state index contributed by atoms with van der Waals surface area (Å²) in [6.45, 7) is 2.66. The molecule has 0 N–H and O–H groups in total. The van der Waals surface area contributed by atoms with Crippen molar-refractivity contribution in [1.29, 1.82) is 0 Å². The van der Waals surface area contributed by atoms with Gasteiger partial charge in [0.05, 0.1) is 11.6 Å². The number of nitrogens with zero attached hydrogens (tertiary/aromatic N) is 3. The van der Waals surface area contributed by atoms with Crippen LogP contribution in [0.2, 0.25) is 0 Å². The molecule has 0 aliphatic carbocycles. The molecule has 33 heavy (non-hydrogen) atoms. The molecular formula is C28H27N3O2. The average molecular weight is 438 g/mol. The number of rotatable bonds is 4. The van der Waals surface area contributed by atoms with Gasteiger partial charge in [-0.2, -0.15) is 0 Å². The number of para-hydroxylation sites is 1. The molecular weight excluding hydrogens is 410 g/mol. The van der Waals surface area contributed by atoms with Gasteiger partial charge in [-0.15, -0.1) is 0 Å². The average Bonchev–Trinajstić information content (AvgIpc) is 2.88. The molecule has 1 amide bonds. The van der Waals surface area contributed by atoms with Crippen LogP contribution < -0.4 is 5.43 Å². The van der Waals surface area contributed by atoms with Crippen molar-refractivity contribution in [3.63, 3.8) is 0 Å². The van der Waals surface area contributed by atoms with Crippen molar-refractivity contribution >= 4 is 16.8 Å². The molecule has 1 saturated heterocycles. The fourth-order valence-electron chi connectivity index (χ4n) is 4.83. The van der Waals surface area contributed by atoms with Gasteiger partial charge in [0, 0.05) is 44.8 Å². The minimum absolute atomic E-state index is 0.137. The Balaban J connectivity index is 1.38. The second kappa shape index (κ2) is 9.04. The van der Waals surface area contributed by atoms with Crippen molar-refractivity contribution in [2.24, 2.45) is 7.05 Å². The number of carbonyl (C=O) groups excluding carboxylic acids is 1. The Labute approximate surface area is 193 Å². The van der Waals surface area contributed by atoms with Gasteiger partial charge >= 0.3 is 0 Å². The first-order chi connectivity index (χ1) is 16.1. The van der Waals surface area contributed by atoms with Crippen molar-refractivity contribution in [1.82, 2.24) is 14.4 Å². The van der Waals surface area contributed by atoms with E-state index in [4.69, 9.17) is 0 Å². The number of hydrogen-bond donors (Lipinski definition) is 0. The van der Waals surface area contributed by atoms with E-state index in [0.717, 1.165) is 18.6 Å². The van der Waals surface area contributed by atoms with Crippen LogP contribution >= 0.6 is 0 Å². The van der Waals surface area contributed by atoms with Crippen molar-refractivity contribution in [3.05, 3.63) is 118 Å². The summed E-state index contributed by atoms with van der Waals surface area (Å²) in [5.41, 5.74) is 3.37. The number of hydrogen-bond acceptors (Lipinski definition) is 3. The van der Waals surface area contributed by atoms with Crippen molar-refractivity contribution < 1.29 is 4.79 Å². The monoisotopic (exact) mass is 437 g/mol. The van der Waals surface area contributed by atoms with E-state index >= 15 is 0 Å². The molecule has 3 aromatic carbocycles. The van der Waals surface area contributed by atoms with Crippen molar-refractivity contribution in [2.75, 3.05) is 26.2 Å². The van der Waals surface area contributed by atoms with E-state index < -0.39 is 0 Å². The Morgan fingerprint density at radius 2 is 1.30 bits per heavy atom. The first kappa shape index (κ1) is 21.2. The number of aromatic nitrogens is 1.